The van der Waals surface area contributed by atoms with E-state index in [0.29, 0.717) is 6.42 Å². The first-order valence-corrected chi connectivity index (χ1v) is 5.24. The Kier molecular flexibility index (Phi) is 8.47. The average molecular weight is 203 g/mol. The highest BCUT2D eigenvalue weighted by Crippen LogP contribution is 2.06. The molecule has 0 fully saturated rings. The van der Waals surface area contributed by atoms with E-state index in [1.807, 2.05) is 0 Å². The highest BCUT2D eigenvalue weighted by molar-refractivity contribution is 4.61. The predicted octanol–water partition coefficient (Wildman–Crippen LogP) is 0.890. The van der Waals surface area contributed by atoms with Crippen molar-refractivity contribution in [3.8, 4) is 0 Å². The molecule has 4 N–H and O–H groups in total. The van der Waals surface area contributed by atoms with E-state index in [2.05, 4.69) is 0 Å². The molecule has 0 aliphatic carbocycles. The van der Waals surface area contributed by atoms with Gasteiger partial charge < -0.3 is 11.5 Å². The van der Waals surface area contributed by atoms with Gasteiger partial charge in [-0.15, -0.1) is 0 Å². The van der Waals surface area contributed by atoms with Crippen molar-refractivity contribution in [1.82, 2.24) is 0 Å². The molecule has 5 nitrogen and oxygen atoms in total. The Balaban J connectivity index is 3.19. The molecule has 84 valence electrons. The average Bonchev–Trinajstić information content (AvgIpc) is 2.12. The third-order valence-corrected chi connectivity index (χ3v) is 2.19. The smallest absolute Gasteiger partial charge is 0.203 e. The van der Waals surface area contributed by atoms with Crippen molar-refractivity contribution in [2.45, 2.75) is 44.6 Å². The van der Waals surface area contributed by atoms with E-state index >= 15 is 0 Å². The molecule has 0 heterocycles. The minimum Gasteiger partial charge on any atom is -0.330 e. The van der Waals surface area contributed by atoms with Gasteiger partial charge in [0, 0.05) is 17.4 Å². The van der Waals surface area contributed by atoms with Crippen molar-refractivity contribution < 1.29 is 4.92 Å². The molecule has 1 unspecified atom stereocenters. The van der Waals surface area contributed by atoms with Crippen LogP contribution in [0, 0.1) is 10.1 Å². The lowest BCUT2D eigenvalue weighted by molar-refractivity contribution is -0.480. The number of nitrogens with zero attached hydrogens (tertiary/aromatic N) is 1. The number of unbranched alkanes of at least 4 members (excludes halogenated alkanes) is 2. The van der Waals surface area contributed by atoms with Crippen molar-refractivity contribution in [1.29, 1.82) is 0 Å². The van der Waals surface area contributed by atoms with Crippen LogP contribution >= 0.6 is 0 Å². The Bertz CT molecular complexity index is 153. The standard InChI is InChI=1S/C9H21N3O2/c10-7-3-1-2-5-9(11)6-4-8-12(13)14/h9H,1-8,10-11H2. The molecule has 0 spiro atoms. The molecule has 0 aliphatic rings. The van der Waals surface area contributed by atoms with E-state index in [1.54, 1.807) is 0 Å². The van der Waals surface area contributed by atoms with Crippen molar-refractivity contribution >= 4 is 0 Å². The maximum atomic E-state index is 10.0. The molecule has 14 heavy (non-hydrogen) atoms. The van der Waals surface area contributed by atoms with Crippen LogP contribution in [-0.2, 0) is 0 Å². The van der Waals surface area contributed by atoms with Crippen LogP contribution in [0.1, 0.15) is 38.5 Å². The molecule has 0 rings (SSSR count). The molecule has 0 aromatic heterocycles. The normalized spacial score (nSPS) is 12.7. The Morgan fingerprint density at radius 2 is 1.79 bits per heavy atom. The van der Waals surface area contributed by atoms with Gasteiger partial charge in [0.2, 0.25) is 6.54 Å². The lowest BCUT2D eigenvalue weighted by atomic mass is 10.0. The number of hydrogen-bond donors (Lipinski definition) is 2. The van der Waals surface area contributed by atoms with Crippen LogP contribution in [0.5, 0.6) is 0 Å². The SMILES string of the molecule is NCCCCCC(N)CCC[N+](=O)[O-]. The maximum absolute atomic E-state index is 10.0. The number of hydrogen-bond acceptors (Lipinski definition) is 4. The van der Waals surface area contributed by atoms with Gasteiger partial charge in [-0.05, 0) is 25.8 Å². The molecular formula is C9H21N3O2. The highest BCUT2D eigenvalue weighted by Gasteiger charge is 2.04. The summed E-state index contributed by atoms with van der Waals surface area (Å²) in [4.78, 5) is 9.74. The van der Waals surface area contributed by atoms with Gasteiger partial charge in [-0.2, -0.15) is 0 Å². The molecule has 1 atom stereocenters. The second kappa shape index (κ2) is 8.90. The van der Waals surface area contributed by atoms with Crippen molar-refractivity contribution in [2.75, 3.05) is 13.1 Å². The van der Waals surface area contributed by atoms with Crippen molar-refractivity contribution in [2.24, 2.45) is 11.5 Å². The third kappa shape index (κ3) is 9.41. The van der Waals surface area contributed by atoms with Gasteiger partial charge in [-0.25, -0.2) is 0 Å². The zero-order valence-corrected chi connectivity index (χ0v) is 8.65. The minimum atomic E-state index is -0.291. The van der Waals surface area contributed by atoms with E-state index in [9.17, 15) is 10.1 Å². The van der Waals surface area contributed by atoms with Gasteiger partial charge in [0.05, 0.1) is 0 Å². The monoisotopic (exact) mass is 203 g/mol. The lowest BCUT2D eigenvalue weighted by Gasteiger charge is -2.09. The second-order valence-corrected chi connectivity index (χ2v) is 3.60. The van der Waals surface area contributed by atoms with Crippen molar-refractivity contribution in [3.63, 3.8) is 0 Å². The molecule has 0 radical (unpaired) electrons. The zero-order chi connectivity index (χ0) is 10.8. The predicted molar refractivity (Wildman–Crippen MR) is 56.6 cm³/mol. The molecule has 0 aromatic rings. The van der Waals surface area contributed by atoms with Crippen LogP contribution in [0.4, 0.5) is 0 Å². The van der Waals surface area contributed by atoms with Gasteiger partial charge >= 0.3 is 0 Å². The van der Waals surface area contributed by atoms with E-state index in [4.69, 9.17) is 11.5 Å². The fraction of sp³-hybridized carbons (Fsp3) is 1.00. The van der Waals surface area contributed by atoms with Gasteiger partial charge in [-0.3, -0.25) is 10.1 Å². The Hall–Kier alpha value is -0.680. The maximum Gasteiger partial charge on any atom is 0.203 e. The summed E-state index contributed by atoms with van der Waals surface area (Å²) >= 11 is 0. The molecule has 0 aliphatic heterocycles. The topological polar surface area (TPSA) is 95.2 Å². The molecule has 0 saturated carbocycles. The first-order valence-electron chi connectivity index (χ1n) is 5.24. The molecular weight excluding hydrogens is 182 g/mol. The summed E-state index contributed by atoms with van der Waals surface area (Å²) in [5.74, 6) is 0. The first-order chi connectivity index (χ1) is 6.66. The summed E-state index contributed by atoms with van der Waals surface area (Å²) in [6, 6.07) is 0.118. The summed E-state index contributed by atoms with van der Waals surface area (Å²) in [7, 11) is 0. The largest absolute Gasteiger partial charge is 0.330 e. The van der Waals surface area contributed by atoms with Gasteiger partial charge in [0.25, 0.3) is 0 Å². The summed E-state index contributed by atoms with van der Waals surface area (Å²) < 4.78 is 0. The number of nitro groups is 1. The second-order valence-electron chi connectivity index (χ2n) is 3.60. The van der Waals surface area contributed by atoms with E-state index < -0.39 is 0 Å². The first kappa shape index (κ1) is 13.3. The summed E-state index contributed by atoms with van der Waals surface area (Å²) in [6.45, 7) is 0.771. The lowest BCUT2D eigenvalue weighted by Crippen LogP contribution is -2.20. The van der Waals surface area contributed by atoms with Crippen LogP contribution in [0.2, 0.25) is 0 Å². The fourth-order valence-electron chi connectivity index (χ4n) is 1.35. The Morgan fingerprint density at radius 3 is 2.36 bits per heavy atom. The van der Waals surface area contributed by atoms with E-state index in [-0.39, 0.29) is 17.5 Å². The molecule has 0 aromatic carbocycles. The van der Waals surface area contributed by atoms with Crippen LogP contribution in [-0.4, -0.2) is 24.1 Å². The van der Waals surface area contributed by atoms with Gasteiger partial charge in [0.15, 0.2) is 0 Å². The summed E-state index contributed by atoms with van der Waals surface area (Å²) in [6.07, 6.45) is 5.53. The quantitative estimate of drug-likeness (QED) is 0.330. The third-order valence-electron chi connectivity index (χ3n) is 2.19. The molecule has 0 saturated heterocycles. The Morgan fingerprint density at radius 1 is 1.14 bits per heavy atom. The molecule has 5 heteroatoms. The van der Waals surface area contributed by atoms with Crippen LogP contribution < -0.4 is 11.5 Å². The zero-order valence-electron chi connectivity index (χ0n) is 8.65. The molecule has 0 amide bonds. The van der Waals surface area contributed by atoms with Crippen LogP contribution in [0.25, 0.3) is 0 Å². The summed E-state index contributed by atoms with van der Waals surface area (Å²) in [5.41, 5.74) is 11.1. The van der Waals surface area contributed by atoms with Gasteiger partial charge in [0.1, 0.15) is 0 Å². The number of nitrogens with two attached hydrogens (primary N) is 2. The van der Waals surface area contributed by atoms with E-state index in [0.717, 1.165) is 38.6 Å². The Labute approximate surface area is 85.0 Å². The highest BCUT2D eigenvalue weighted by atomic mass is 16.6. The molecule has 0 bridgehead atoms. The van der Waals surface area contributed by atoms with Gasteiger partial charge in [-0.1, -0.05) is 12.8 Å². The van der Waals surface area contributed by atoms with Crippen molar-refractivity contribution in [3.05, 3.63) is 10.1 Å². The van der Waals surface area contributed by atoms with Crippen LogP contribution in [0.3, 0.4) is 0 Å². The minimum absolute atomic E-state index is 0.0382. The number of rotatable bonds is 9. The summed E-state index contributed by atoms with van der Waals surface area (Å²) in [5, 5.41) is 10.0. The van der Waals surface area contributed by atoms with Crippen LogP contribution in [0.15, 0.2) is 0 Å². The fourth-order valence-corrected chi connectivity index (χ4v) is 1.35. The van der Waals surface area contributed by atoms with E-state index in [1.165, 1.54) is 0 Å².